The molecular weight excluding hydrogens is 225 g/mol. The largest absolute Gasteiger partial charge is 0.394 e. The normalized spacial score (nSPS) is 9.94. The van der Waals surface area contributed by atoms with Crippen molar-refractivity contribution in [2.75, 3.05) is 16.4 Å². The van der Waals surface area contributed by atoms with E-state index in [1.54, 1.807) is 6.07 Å². The molecule has 2 rings (SSSR count). The summed E-state index contributed by atoms with van der Waals surface area (Å²) in [4.78, 5) is 11.5. The predicted octanol–water partition coefficient (Wildman–Crippen LogP) is 1.77. The van der Waals surface area contributed by atoms with Crippen molar-refractivity contribution in [3.8, 4) is 0 Å². The number of nitrogens with zero attached hydrogens (tertiary/aromatic N) is 1. The Hall–Kier alpha value is -2.57. The smallest absolute Gasteiger partial charge is 0.324 e. The average molecular weight is 235 g/mol. The molecule has 0 aliphatic heterocycles. The zero-order valence-electron chi connectivity index (χ0n) is 8.70. The van der Waals surface area contributed by atoms with Gasteiger partial charge in [-0.2, -0.15) is 5.10 Å². The van der Waals surface area contributed by atoms with Crippen molar-refractivity contribution in [3.63, 3.8) is 0 Å². The fraction of sp³-hybridized carbons (Fsp3) is 0. The minimum atomic E-state index is -0.606. The highest BCUT2D eigenvalue weighted by molar-refractivity contribution is 6.00. The van der Waals surface area contributed by atoms with Crippen molar-refractivity contribution in [1.82, 2.24) is 10.2 Å². The van der Waals surface area contributed by atoms with E-state index in [2.05, 4.69) is 20.8 Å². The first-order valence-electron chi connectivity index (χ1n) is 4.78. The van der Waals surface area contributed by atoms with Gasteiger partial charge in [0.05, 0.1) is 17.6 Å². The van der Waals surface area contributed by atoms with Crippen LogP contribution in [0.2, 0.25) is 0 Å². The molecule has 0 saturated carbocycles. The maximum absolute atomic E-state index is 13.2. The lowest BCUT2D eigenvalue weighted by Crippen LogP contribution is -2.20. The minimum Gasteiger partial charge on any atom is -0.394 e. The van der Waals surface area contributed by atoms with Gasteiger partial charge in [-0.1, -0.05) is 12.1 Å². The number of rotatable bonds is 2. The molecule has 0 aliphatic rings. The Morgan fingerprint density at radius 3 is 2.76 bits per heavy atom. The van der Waals surface area contributed by atoms with Gasteiger partial charge >= 0.3 is 6.03 Å². The maximum Gasteiger partial charge on any atom is 0.324 e. The van der Waals surface area contributed by atoms with E-state index >= 15 is 0 Å². The molecule has 1 heterocycles. The van der Waals surface area contributed by atoms with Crippen LogP contribution in [0.15, 0.2) is 30.5 Å². The average Bonchev–Trinajstić information content (AvgIpc) is 2.68. The molecule has 2 aromatic rings. The van der Waals surface area contributed by atoms with Gasteiger partial charge in [-0.3, -0.25) is 10.4 Å². The number of urea groups is 1. The van der Waals surface area contributed by atoms with Gasteiger partial charge in [-0.15, -0.1) is 0 Å². The summed E-state index contributed by atoms with van der Waals surface area (Å²) in [5.74, 6) is -0.251. The van der Waals surface area contributed by atoms with E-state index < -0.39 is 11.8 Å². The van der Waals surface area contributed by atoms with Crippen LogP contribution < -0.4 is 16.4 Å². The molecule has 17 heavy (non-hydrogen) atoms. The number of hydrogen-bond acceptors (Lipinski definition) is 3. The first-order valence-corrected chi connectivity index (χ1v) is 4.78. The molecule has 88 valence electrons. The van der Waals surface area contributed by atoms with Crippen LogP contribution in [0.5, 0.6) is 0 Å². The Kier molecular flexibility index (Phi) is 2.91. The summed E-state index contributed by atoms with van der Waals surface area (Å²) in [5, 5.41) is 10.9. The number of carbonyl (C=O) groups is 1. The molecule has 0 spiro atoms. The van der Waals surface area contributed by atoms with Gasteiger partial charge in [0.15, 0.2) is 5.82 Å². The van der Waals surface area contributed by atoms with Crippen LogP contribution in [0.25, 0.3) is 0 Å². The highest BCUT2D eigenvalue weighted by Gasteiger charge is 2.08. The van der Waals surface area contributed by atoms with Crippen molar-refractivity contribution in [1.29, 1.82) is 0 Å². The molecule has 2 amide bonds. The number of para-hydroxylation sites is 1. The Morgan fingerprint density at radius 2 is 2.12 bits per heavy atom. The predicted molar refractivity (Wildman–Crippen MR) is 62.0 cm³/mol. The second-order valence-electron chi connectivity index (χ2n) is 3.26. The van der Waals surface area contributed by atoms with Gasteiger partial charge < -0.3 is 11.1 Å². The van der Waals surface area contributed by atoms with Crippen LogP contribution in [0.4, 0.5) is 26.4 Å². The van der Waals surface area contributed by atoms with Gasteiger partial charge in [0, 0.05) is 0 Å². The zero-order chi connectivity index (χ0) is 12.3. The van der Waals surface area contributed by atoms with Crippen molar-refractivity contribution >= 4 is 23.2 Å². The number of aromatic amines is 1. The molecule has 7 heteroatoms. The Morgan fingerprint density at radius 1 is 1.35 bits per heavy atom. The number of nitrogens with two attached hydrogens (primary N) is 1. The van der Waals surface area contributed by atoms with Gasteiger partial charge in [0.2, 0.25) is 0 Å². The topological polar surface area (TPSA) is 95.8 Å². The van der Waals surface area contributed by atoms with Gasteiger partial charge in [0.1, 0.15) is 5.82 Å². The summed E-state index contributed by atoms with van der Waals surface area (Å²) in [7, 11) is 0. The van der Waals surface area contributed by atoms with E-state index in [-0.39, 0.29) is 11.5 Å². The summed E-state index contributed by atoms with van der Waals surface area (Å²) in [5.41, 5.74) is 5.89. The maximum atomic E-state index is 13.2. The van der Waals surface area contributed by atoms with E-state index in [0.717, 1.165) is 0 Å². The number of carbonyl (C=O) groups excluding carboxylic acids is 1. The Labute approximate surface area is 96.0 Å². The molecule has 0 fully saturated rings. The third-order valence-corrected chi connectivity index (χ3v) is 2.03. The third kappa shape index (κ3) is 2.51. The van der Waals surface area contributed by atoms with Crippen LogP contribution in [0.1, 0.15) is 0 Å². The molecule has 5 N–H and O–H groups in total. The van der Waals surface area contributed by atoms with Crippen LogP contribution in [-0.4, -0.2) is 16.2 Å². The molecule has 0 atom stereocenters. The van der Waals surface area contributed by atoms with E-state index in [0.29, 0.717) is 5.69 Å². The molecule has 0 bridgehead atoms. The monoisotopic (exact) mass is 235 g/mol. The number of nitrogens with one attached hydrogen (secondary N) is 3. The molecule has 0 unspecified atom stereocenters. The van der Waals surface area contributed by atoms with Gasteiger partial charge in [-0.05, 0) is 12.1 Å². The first kappa shape index (κ1) is 10.9. The molecule has 0 saturated heterocycles. The number of anilines is 3. The van der Waals surface area contributed by atoms with Crippen LogP contribution in [0.3, 0.4) is 0 Å². The summed E-state index contributed by atoms with van der Waals surface area (Å²) in [6, 6.07) is 5.24. The Bertz CT molecular complexity index is 539. The number of benzene rings is 1. The molecule has 1 aromatic heterocycles. The zero-order valence-corrected chi connectivity index (χ0v) is 8.70. The fourth-order valence-corrected chi connectivity index (χ4v) is 1.23. The van der Waals surface area contributed by atoms with Crippen LogP contribution in [-0.2, 0) is 0 Å². The quantitative estimate of drug-likeness (QED) is 0.638. The lowest BCUT2D eigenvalue weighted by Gasteiger charge is -2.07. The number of aromatic nitrogens is 2. The molecule has 0 aliphatic carbocycles. The van der Waals surface area contributed by atoms with E-state index in [1.807, 2.05) is 0 Å². The Balaban J connectivity index is 2.03. The van der Waals surface area contributed by atoms with Crippen molar-refractivity contribution in [2.45, 2.75) is 0 Å². The van der Waals surface area contributed by atoms with Gasteiger partial charge in [-0.25, -0.2) is 9.18 Å². The number of hydrogen-bond donors (Lipinski definition) is 4. The van der Waals surface area contributed by atoms with Crippen LogP contribution in [0, 0.1) is 5.82 Å². The molecule has 6 nitrogen and oxygen atoms in total. The number of nitrogen functional groups attached to an aromatic ring is 1. The lowest BCUT2D eigenvalue weighted by atomic mass is 10.3. The van der Waals surface area contributed by atoms with Gasteiger partial charge in [0.25, 0.3) is 0 Å². The highest BCUT2D eigenvalue weighted by Crippen LogP contribution is 2.15. The molecule has 0 radical (unpaired) electrons. The number of amides is 2. The van der Waals surface area contributed by atoms with E-state index in [4.69, 9.17) is 5.73 Å². The van der Waals surface area contributed by atoms with Crippen molar-refractivity contribution in [3.05, 3.63) is 36.3 Å². The summed E-state index contributed by atoms with van der Waals surface area (Å²) in [6.07, 6.45) is 1.36. The second kappa shape index (κ2) is 4.52. The molecular formula is C10H10FN5O. The van der Waals surface area contributed by atoms with Crippen LogP contribution >= 0.6 is 0 Å². The van der Waals surface area contributed by atoms with E-state index in [9.17, 15) is 9.18 Å². The summed E-state index contributed by atoms with van der Waals surface area (Å²) >= 11 is 0. The number of halogens is 1. The first-order chi connectivity index (χ1) is 8.16. The molecule has 1 aromatic carbocycles. The fourth-order valence-electron chi connectivity index (χ4n) is 1.23. The van der Waals surface area contributed by atoms with Crippen molar-refractivity contribution in [2.24, 2.45) is 0 Å². The standard InChI is InChI=1S/C10H10FN5O/c11-6-3-1-2-4-8(6)14-10(17)15-9-7(12)5-13-16-9/h1-5H,12H2,(H3,13,14,15,16,17). The minimum absolute atomic E-state index is 0.0862. The third-order valence-electron chi connectivity index (χ3n) is 2.03. The summed E-state index contributed by atoms with van der Waals surface area (Å²) < 4.78 is 13.2. The second-order valence-corrected chi connectivity index (χ2v) is 3.26. The lowest BCUT2D eigenvalue weighted by molar-refractivity contribution is 0.262. The summed E-state index contributed by atoms with van der Waals surface area (Å²) in [6.45, 7) is 0. The number of H-pyrrole nitrogens is 1. The SMILES string of the molecule is Nc1cn[nH]c1NC(=O)Nc1ccccc1F. The highest BCUT2D eigenvalue weighted by atomic mass is 19.1. The van der Waals surface area contributed by atoms with Crippen molar-refractivity contribution < 1.29 is 9.18 Å². The van der Waals surface area contributed by atoms with E-state index in [1.165, 1.54) is 24.4 Å².